The quantitative estimate of drug-likeness (QED) is 0.916. The molecule has 1 aliphatic carbocycles. The van der Waals surface area contributed by atoms with Gasteiger partial charge in [0.25, 0.3) is 0 Å². The molecule has 1 saturated heterocycles. The highest BCUT2D eigenvalue weighted by Crippen LogP contribution is 2.27. The molecule has 2 aliphatic rings. The smallest absolute Gasteiger partial charge is 0.182 e. The Morgan fingerprint density at radius 1 is 1.12 bits per heavy atom. The minimum absolute atomic E-state index is 0.711. The van der Waals surface area contributed by atoms with Crippen molar-refractivity contribution in [1.82, 2.24) is 25.1 Å². The maximum absolute atomic E-state index is 4.66. The molecule has 0 amide bonds. The Balaban J connectivity index is 1.29. The van der Waals surface area contributed by atoms with E-state index in [9.17, 15) is 0 Å². The lowest BCUT2D eigenvalue weighted by Gasteiger charge is -2.26. The zero-order chi connectivity index (χ0) is 16.2. The molecule has 1 aliphatic heterocycles. The Hall–Kier alpha value is -1.75. The van der Waals surface area contributed by atoms with Crippen LogP contribution in [0.25, 0.3) is 11.4 Å². The molecule has 5 heteroatoms. The van der Waals surface area contributed by atoms with Gasteiger partial charge in [0, 0.05) is 37.5 Å². The second kappa shape index (κ2) is 7.43. The van der Waals surface area contributed by atoms with Gasteiger partial charge in [-0.15, -0.1) is 0 Å². The highest BCUT2D eigenvalue weighted by Gasteiger charge is 2.26. The third-order valence-electron chi connectivity index (χ3n) is 5.54. The van der Waals surface area contributed by atoms with Crippen molar-refractivity contribution in [3.63, 3.8) is 0 Å². The molecule has 2 fully saturated rings. The topological polar surface area (TPSA) is 57.7 Å². The van der Waals surface area contributed by atoms with Crippen molar-refractivity contribution in [3.05, 3.63) is 30.4 Å². The molecule has 0 bridgehead atoms. The van der Waals surface area contributed by atoms with E-state index in [0.717, 1.165) is 29.6 Å². The third kappa shape index (κ3) is 3.83. The van der Waals surface area contributed by atoms with Crippen LogP contribution in [-0.2, 0) is 6.42 Å². The van der Waals surface area contributed by atoms with E-state index in [1.54, 1.807) is 6.20 Å². The molecule has 1 atom stereocenters. The number of nitrogens with zero attached hydrogens (tertiary/aromatic N) is 4. The maximum atomic E-state index is 4.66. The van der Waals surface area contributed by atoms with Crippen molar-refractivity contribution in [2.45, 2.75) is 44.9 Å². The number of hydrogen-bond acceptors (Lipinski definition) is 4. The lowest BCUT2D eigenvalue weighted by molar-refractivity contribution is 0.228. The fourth-order valence-electron chi connectivity index (χ4n) is 4.26. The zero-order valence-electron chi connectivity index (χ0n) is 14.3. The van der Waals surface area contributed by atoms with E-state index in [4.69, 9.17) is 0 Å². The first kappa shape index (κ1) is 15.8. The van der Waals surface area contributed by atoms with Crippen LogP contribution in [0.3, 0.4) is 0 Å². The van der Waals surface area contributed by atoms with Gasteiger partial charge < -0.3 is 4.90 Å². The van der Waals surface area contributed by atoms with E-state index in [1.807, 2.05) is 18.3 Å². The average Bonchev–Trinajstić information content (AvgIpc) is 3.27. The van der Waals surface area contributed by atoms with Crippen LogP contribution < -0.4 is 0 Å². The molecule has 1 N–H and O–H groups in total. The van der Waals surface area contributed by atoms with Gasteiger partial charge in [0.05, 0.1) is 0 Å². The van der Waals surface area contributed by atoms with Crippen LogP contribution in [0.5, 0.6) is 0 Å². The summed E-state index contributed by atoms with van der Waals surface area (Å²) in [5, 5.41) is 7.47. The predicted octanol–water partition coefficient (Wildman–Crippen LogP) is 3.31. The summed E-state index contributed by atoms with van der Waals surface area (Å²) in [6, 6.07) is 3.92. The Morgan fingerprint density at radius 2 is 2.04 bits per heavy atom. The Labute approximate surface area is 143 Å². The summed E-state index contributed by atoms with van der Waals surface area (Å²) in [5.74, 6) is 3.43. The molecule has 2 aromatic heterocycles. The van der Waals surface area contributed by atoms with Gasteiger partial charge >= 0.3 is 0 Å². The van der Waals surface area contributed by atoms with Crippen LogP contribution in [0.4, 0.5) is 0 Å². The van der Waals surface area contributed by atoms with Crippen LogP contribution in [-0.4, -0.2) is 44.7 Å². The van der Waals surface area contributed by atoms with E-state index in [-0.39, 0.29) is 0 Å². The van der Waals surface area contributed by atoms with Crippen LogP contribution in [0.1, 0.15) is 44.3 Å². The number of aromatic nitrogens is 4. The van der Waals surface area contributed by atoms with E-state index in [0.29, 0.717) is 5.92 Å². The summed E-state index contributed by atoms with van der Waals surface area (Å²) < 4.78 is 0. The van der Waals surface area contributed by atoms with Crippen molar-refractivity contribution < 1.29 is 0 Å². The highest BCUT2D eigenvalue weighted by molar-refractivity contribution is 5.52. The van der Waals surface area contributed by atoms with Gasteiger partial charge in [-0.25, -0.2) is 4.98 Å². The first-order valence-corrected chi connectivity index (χ1v) is 9.41. The molecule has 3 heterocycles. The molecule has 5 nitrogen and oxygen atoms in total. The zero-order valence-corrected chi connectivity index (χ0v) is 14.3. The summed E-state index contributed by atoms with van der Waals surface area (Å²) >= 11 is 0. The first-order valence-electron chi connectivity index (χ1n) is 9.41. The second-order valence-electron chi connectivity index (χ2n) is 7.47. The van der Waals surface area contributed by atoms with Crippen LogP contribution in [0.15, 0.2) is 24.5 Å². The second-order valence-corrected chi connectivity index (χ2v) is 7.47. The molecule has 1 saturated carbocycles. The molecular formula is C19H27N5. The molecule has 2 aromatic rings. The average molecular weight is 325 g/mol. The summed E-state index contributed by atoms with van der Waals surface area (Å²) in [4.78, 5) is 11.5. The van der Waals surface area contributed by atoms with Crippen LogP contribution in [0, 0.1) is 11.8 Å². The van der Waals surface area contributed by atoms with Gasteiger partial charge in [-0.2, -0.15) is 5.10 Å². The van der Waals surface area contributed by atoms with E-state index in [1.165, 1.54) is 58.2 Å². The number of likely N-dealkylation sites (tertiary alicyclic amines) is 1. The van der Waals surface area contributed by atoms with Gasteiger partial charge in [0.15, 0.2) is 5.82 Å². The lowest BCUT2D eigenvalue weighted by Crippen LogP contribution is -2.29. The van der Waals surface area contributed by atoms with E-state index >= 15 is 0 Å². The molecule has 0 spiro atoms. The molecule has 24 heavy (non-hydrogen) atoms. The summed E-state index contributed by atoms with van der Waals surface area (Å²) in [5.41, 5.74) is 0.977. The van der Waals surface area contributed by atoms with Gasteiger partial charge in [-0.3, -0.25) is 10.1 Å². The molecule has 1 unspecified atom stereocenters. The van der Waals surface area contributed by atoms with E-state index < -0.39 is 0 Å². The number of rotatable bonds is 5. The number of H-pyrrole nitrogens is 1. The van der Waals surface area contributed by atoms with Gasteiger partial charge in [-0.05, 0) is 49.8 Å². The SMILES string of the molecule is c1cncc(-c2n[nH]c(CC3CCN(CC4CCCCC4)C3)n2)c1. The normalized spacial score (nSPS) is 22.9. The summed E-state index contributed by atoms with van der Waals surface area (Å²) in [6.45, 7) is 3.79. The minimum Gasteiger partial charge on any atom is -0.303 e. The molecule has 0 aromatic carbocycles. The van der Waals surface area contributed by atoms with Crippen LogP contribution in [0.2, 0.25) is 0 Å². The van der Waals surface area contributed by atoms with Gasteiger partial charge in [0.1, 0.15) is 5.82 Å². The van der Waals surface area contributed by atoms with Crippen molar-refractivity contribution in [3.8, 4) is 11.4 Å². The maximum Gasteiger partial charge on any atom is 0.182 e. The molecule has 4 rings (SSSR count). The number of pyridine rings is 1. The minimum atomic E-state index is 0.711. The van der Waals surface area contributed by atoms with Crippen LogP contribution >= 0.6 is 0 Å². The molecular weight excluding hydrogens is 298 g/mol. The summed E-state index contributed by atoms with van der Waals surface area (Å²) in [6.07, 6.45) is 13.1. The van der Waals surface area contributed by atoms with Crippen molar-refractivity contribution in [2.75, 3.05) is 19.6 Å². The Kier molecular flexibility index (Phi) is 4.88. The van der Waals surface area contributed by atoms with Crippen molar-refractivity contribution in [1.29, 1.82) is 0 Å². The first-order chi connectivity index (χ1) is 11.9. The molecule has 0 radical (unpaired) electrons. The Bertz CT molecular complexity index is 632. The number of hydrogen-bond donors (Lipinski definition) is 1. The fourth-order valence-corrected chi connectivity index (χ4v) is 4.26. The monoisotopic (exact) mass is 325 g/mol. The number of aromatic amines is 1. The highest BCUT2D eigenvalue weighted by atomic mass is 15.2. The largest absolute Gasteiger partial charge is 0.303 e. The molecule has 128 valence electrons. The summed E-state index contributed by atoms with van der Waals surface area (Å²) in [7, 11) is 0. The fraction of sp³-hybridized carbons (Fsp3) is 0.632. The van der Waals surface area contributed by atoms with Gasteiger partial charge in [0.2, 0.25) is 0 Å². The van der Waals surface area contributed by atoms with Crippen molar-refractivity contribution in [2.24, 2.45) is 11.8 Å². The standard InChI is InChI=1S/C19H27N5/c1-2-5-15(6-3-1)13-24-10-8-16(14-24)11-18-21-19(23-22-18)17-7-4-9-20-12-17/h4,7,9,12,15-16H,1-3,5-6,8,10-11,13-14H2,(H,21,22,23). The predicted molar refractivity (Wildman–Crippen MR) is 94.4 cm³/mol. The van der Waals surface area contributed by atoms with E-state index in [2.05, 4.69) is 25.1 Å². The third-order valence-corrected chi connectivity index (χ3v) is 5.54. The Morgan fingerprint density at radius 3 is 2.88 bits per heavy atom. The van der Waals surface area contributed by atoms with Gasteiger partial charge in [-0.1, -0.05) is 19.3 Å². The lowest BCUT2D eigenvalue weighted by atomic mass is 9.89. The van der Waals surface area contributed by atoms with Crippen molar-refractivity contribution >= 4 is 0 Å². The number of nitrogens with one attached hydrogen (secondary N) is 1.